The van der Waals surface area contributed by atoms with Crippen molar-refractivity contribution in [2.24, 2.45) is 5.92 Å². The lowest BCUT2D eigenvalue weighted by molar-refractivity contribution is 0.00696. The average molecular weight is 624 g/mol. The van der Waals surface area contributed by atoms with Crippen molar-refractivity contribution in [3.05, 3.63) is 59.2 Å². The third-order valence-corrected chi connectivity index (χ3v) is 9.45. The molecule has 1 aromatic carbocycles. The molecule has 2 aliphatic heterocycles. The van der Waals surface area contributed by atoms with Gasteiger partial charge in [0.15, 0.2) is 0 Å². The highest BCUT2D eigenvalue weighted by atomic mass is 19.1. The van der Waals surface area contributed by atoms with E-state index in [2.05, 4.69) is 16.8 Å². The maximum atomic E-state index is 15.3. The predicted octanol–water partition coefficient (Wildman–Crippen LogP) is 6.89. The number of hydrogen-bond donors (Lipinski definition) is 0. The van der Waals surface area contributed by atoms with Crippen LogP contribution in [-0.2, 0) is 4.74 Å². The van der Waals surface area contributed by atoms with Crippen LogP contribution in [0.2, 0.25) is 0 Å². The smallest absolute Gasteiger partial charge is 0.410 e. The van der Waals surface area contributed by atoms with Gasteiger partial charge < -0.3 is 18.9 Å². The zero-order valence-electron chi connectivity index (χ0n) is 27.9. The van der Waals surface area contributed by atoms with Gasteiger partial charge in [-0.15, -0.1) is 0 Å². The number of carbonyl (C=O) groups is 2. The van der Waals surface area contributed by atoms with Crippen molar-refractivity contribution in [3.63, 3.8) is 0 Å². The topological polar surface area (TPSA) is 70.4 Å². The molecule has 2 amide bonds. The van der Waals surface area contributed by atoms with Crippen molar-refractivity contribution in [3.8, 4) is 11.1 Å². The van der Waals surface area contributed by atoms with E-state index in [1.54, 1.807) is 22.3 Å². The SMILES string of the molecule is CCN(C(=O)c1cc(F)ccc1-c1cc(C2CN(C(C)C3CCN(C(=O)OC(C)(C)C)CC3)C2)cn2c(C)nc(F)c12)C(C)C. The Morgan fingerprint density at radius 1 is 1.07 bits per heavy atom. The molecule has 0 aliphatic carbocycles. The Labute approximate surface area is 265 Å². The minimum absolute atomic E-state index is 0.0774. The van der Waals surface area contributed by atoms with Gasteiger partial charge in [-0.3, -0.25) is 9.69 Å². The van der Waals surface area contributed by atoms with Gasteiger partial charge in [-0.1, -0.05) is 6.07 Å². The number of halogens is 2. The van der Waals surface area contributed by atoms with Crippen molar-refractivity contribution >= 4 is 17.5 Å². The third-order valence-electron chi connectivity index (χ3n) is 9.45. The first-order valence-corrected chi connectivity index (χ1v) is 16.2. The van der Waals surface area contributed by atoms with E-state index in [0.717, 1.165) is 31.5 Å². The van der Waals surface area contributed by atoms with Crippen molar-refractivity contribution in [1.29, 1.82) is 0 Å². The van der Waals surface area contributed by atoms with Crippen LogP contribution >= 0.6 is 0 Å². The lowest BCUT2D eigenvalue weighted by atomic mass is 9.83. The Balaban J connectivity index is 1.37. The number of benzene rings is 1. The molecule has 0 spiro atoms. The number of pyridine rings is 1. The second-order valence-electron chi connectivity index (χ2n) is 13.9. The van der Waals surface area contributed by atoms with Gasteiger partial charge in [-0.25, -0.2) is 14.2 Å². The zero-order valence-corrected chi connectivity index (χ0v) is 27.9. The van der Waals surface area contributed by atoms with E-state index in [-0.39, 0.29) is 35.0 Å². The van der Waals surface area contributed by atoms with Gasteiger partial charge in [0.05, 0.1) is 5.56 Å². The number of ether oxygens (including phenoxy) is 1. The van der Waals surface area contributed by atoms with Crippen LogP contribution in [0.15, 0.2) is 30.5 Å². The molecule has 2 aromatic heterocycles. The van der Waals surface area contributed by atoms with Gasteiger partial charge in [0.25, 0.3) is 5.91 Å². The summed E-state index contributed by atoms with van der Waals surface area (Å²) in [5.74, 6) is -0.218. The quantitative estimate of drug-likeness (QED) is 0.287. The van der Waals surface area contributed by atoms with E-state index in [9.17, 15) is 14.0 Å². The summed E-state index contributed by atoms with van der Waals surface area (Å²) >= 11 is 0. The molecule has 0 bridgehead atoms. The number of aryl methyl sites for hydroxylation is 1. The van der Waals surface area contributed by atoms with Crippen LogP contribution < -0.4 is 0 Å². The number of imidazole rings is 1. The molecule has 4 heterocycles. The summed E-state index contributed by atoms with van der Waals surface area (Å²) in [5, 5.41) is 0. The van der Waals surface area contributed by atoms with E-state index in [4.69, 9.17) is 4.74 Å². The first kappa shape index (κ1) is 32.9. The summed E-state index contributed by atoms with van der Waals surface area (Å²) in [7, 11) is 0. The number of amides is 2. The maximum absolute atomic E-state index is 15.3. The predicted molar refractivity (Wildman–Crippen MR) is 171 cm³/mol. The standard InChI is InChI=1S/C35H47F2N5O3/c1-9-41(21(2)3)33(43)30-17-27(36)10-11-28(30)29-16-25(20-42-23(5)38-32(37)31(29)42)26-18-40(19-26)22(4)24-12-14-39(15-13-24)34(44)45-35(6,7)8/h10-11,16-17,20-22,24,26H,9,12-15,18-19H2,1-8H3. The number of hydrogen-bond acceptors (Lipinski definition) is 5. The fourth-order valence-electron chi connectivity index (χ4n) is 6.83. The Kier molecular flexibility index (Phi) is 9.27. The molecule has 0 N–H and O–H groups in total. The number of nitrogens with zero attached hydrogens (tertiary/aromatic N) is 5. The lowest BCUT2D eigenvalue weighted by Crippen LogP contribution is -2.54. The van der Waals surface area contributed by atoms with Gasteiger partial charge in [-0.2, -0.15) is 4.39 Å². The van der Waals surface area contributed by atoms with Crippen LogP contribution in [0.5, 0.6) is 0 Å². The number of fused-ring (bicyclic) bond motifs is 1. The molecule has 5 rings (SSSR count). The molecule has 2 saturated heterocycles. The van der Waals surface area contributed by atoms with Crippen LogP contribution in [0.25, 0.3) is 16.6 Å². The minimum atomic E-state index is -0.616. The first-order chi connectivity index (χ1) is 21.2. The largest absolute Gasteiger partial charge is 0.444 e. The van der Waals surface area contributed by atoms with Crippen molar-refractivity contribution in [1.82, 2.24) is 24.1 Å². The van der Waals surface area contributed by atoms with E-state index < -0.39 is 17.4 Å². The fourth-order valence-corrected chi connectivity index (χ4v) is 6.83. The fraction of sp³-hybridized carbons (Fsp3) is 0.571. The first-order valence-electron chi connectivity index (χ1n) is 16.2. The monoisotopic (exact) mass is 623 g/mol. The molecular formula is C35H47F2N5O3. The lowest BCUT2D eigenvalue weighted by Gasteiger charge is -2.47. The summed E-state index contributed by atoms with van der Waals surface area (Å²) in [6, 6.07) is 6.40. The minimum Gasteiger partial charge on any atom is -0.444 e. The summed E-state index contributed by atoms with van der Waals surface area (Å²) in [5.41, 5.74) is 2.05. The van der Waals surface area contributed by atoms with Crippen molar-refractivity contribution in [2.75, 3.05) is 32.7 Å². The van der Waals surface area contributed by atoms with E-state index in [0.29, 0.717) is 48.5 Å². The number of aromatic nitrogens is 2. The highest BCUT2D eigenvalue weighted by molar-refractivity contribution is 6.03. The Morgan fingerprint density at radius 3 is 2.33 bits per heavy atom. The van der Waals surface area contributed by atoms with E-state index in [1.165, 1.54) is 12.1 Å². The molecule has 3 aromatic rings. The molecule has 45 heavy (non-hydrogen) atoms. The molecular weight excluding hydrogens is 576 g/mol. The van der Waals surface area contributed by atoms with Crippen LogP contribution in [0.4, 0.5) is 13.6 Å². The zero-order chi connectivity index (χ0) is 32.8. The van der Waals surface area contributed by atoms with Gasteiger partial charge in [0.1, 0.15) is 22.8 Å². The number of rotatable bonds is 7. The molecule has 2 aliphatic rings. The van der Waals surface area contributed by atoms with Crippen LogP contribution in [0.3, 0.4) is 0 Å². The molecule has 1 atom stereocenters. The highest BCUT2D eigenvalue weighted by Crippen LogP contribution is 2.38. The maximum Gasteiger partial charge on any atom is 0.410 e. The van der Waals surface area contributed by atoms with Crippen LogP contribution in [0, 0.1) is 24.6 Å². The molecule has 244 valence electrons. The normalized spacial score (nSPS) is 17.5. The Hall–Kier alpha value is -3.53. The van der Waals surface area contributed by atoms with Crippen LogP contribution in [0.1, 0.15) is 89.0 Å². The molecule has 10 heteroatoms. The molecule has 0 saturated carbocycles. The number of carbonyl (C=O) groups excluding carboxylic acids is 2. The summed E-state index contributed by atoms with van der Waals surface area (Å²) < 4.78 is 37.2. The van der Waals surface area contributed by atoms with Crippen molar-refractivity contribution in [2.45, 2.75) is 91.8 Å². The van der Waals surface area contributed by atoms with Crippen LogP contribution in [-0.4, -0.2) is 86.5 Å². The van der Waals surface area contributed by atoms with Crippen molar-refractivity contribution < 1.29 is 23.1 Å². The van der Waals surface area contributed by atoms with E-state index >= 15 is 4.39 Å². The summed E-state index contributed by atoms with van der Waals surface area (Å²) in [4.78, 5) is 36.3. The average Bonchev–Trinajstić information content (AvgIpc) is 3.24. The molecule has 8 nitrogen and oxygen atoms in total. The molecule has 2 fully saturated rings. The van der Waals surface area contributed by atoms with Gasteiger partial charge in [0, 0.05) is 62.5 Å². The second-order valence-corrected chi connectivity index (χ2v) is 13.9. The van der Waals surface area contributed by atoms with Gasteiger partial charge in [-0.05, 0) is 103 Å². The Morgan fingerprint density at radius 2 is 1.73 bits per heavy atom. The number of likely N-dealkylation sites (tertiary alicyclic amines) is 2. The van der Waals surface area contributed by atoms with E-state index in [1.807, 2.05) is 58.7 Å². The third kappa shape index (κ3) is 6.71. The highest BCUT2D eigenvalue weighted by Gasteiger charge is 2.38. The van der Waals surface area contributed by atoms with Gasteiger partial charge >= 0.3 is 6.09 Å². The van der Waals surface area contributed by atoms with Gasteiger partial charge in [0.2, 0.25) is 5.95 Å². The summed E-state index contributed by atoms with van der Waals surface area (Å²) in [6.07, 6.45) is 3.57. The molecule has 1 unspecified atom stereocenters. The molecule has 0 radical (unpaired) electrons. The second kappa shape index (κ2) is 12.7. The number of piperidine rings is 1. The Bertz CT molecular complexity index is 1570. The summed E-state index contributed by atoms with van der Waals surface area (Å²) in [6.45, 7) is 19.0.